The fourth-order valence-corrected chi connectivity index (χ4v) is 1.73. The molecule has 2 aromatic heterocycles. The normalized spacial score (nSPS) is 12.1. The number of rotatable bonds is 5. The van der Waals surface area contributed by atoms with Crippen LogP contribution in [-0.2, 0) is 6.42 Å². The Hall–Kier alpha value is -2.01. The second kappa shape index (κ2) is 6.07. The molecular weight excluding hydrogens is 228 g/mol. The summed E-state index contributed by atoms with van der Waals surface area (Å²) in [6, 6.07) is 4.00. The number of hydrogen-bond donors (Lipinski definition) is 1. The van der Waals surface area contributed by atoms with Gasteiger partial charge in [0, 0.05) is 30.9 Å². The Bertz CT molecular complexity index is 472. The fraction of sp³-hybridized carbons (Fsp3) is 0.308. The molecule has 0 amide bonds. The van der Waals surface area contributed by atoms with Gasteiger partial charge in [0.2, 0.25) is 5.88 Å². The summed E-state index contributed by atoms with van der Waals surface area (Å²) in [5, 5.41) is 3.23. The van der Waals surface area contributed by atoms with Gasteiger partial charge in [-0.3, -0.25) is 9.97 Å². The van der Waals surface area contributed by atoms with Gasteiger partial charge in [-0.2, -0.15) is 0 Å². The first-order chi connectivity index (χ1) is 8.83. The maximum Gasteiger partial charge on any atom is 0.212 e. The lowest BCUT2D eigenvalue weighted by molar-refractivity contribution is 0.397. The van der Waals surface area contributed by atoms with Crippen molar-refractivity contribution in [2.75, 3.05) is 14.2 Å². The van der Waals surface area contributed by atoms with Crippen molar-refractivity contribution in [1.29, 1.82) is 0 Å². The van der Waals surface area contributed by atoms with Crippen molar-refractivity contribution in [3.63, 3.8) is 0 Å². The molecule has 2 rings (SSSR count). The topological polar surface area (TPSA) is 59.9 Å². The molecule has 0 bridgehead atoms. The molecule has 5 heteroatoms. The van der Waals surface area contributed by atoms with Gasteiger partial charge in [-0.1, -0.05) is 6.07 Å². The molecule has 0 saturated heterocycles. The number of hydrogen-bond acceptors (Lipinski definition) is 5. The zero-order chi connectivity index (χ0) is 12.8. The largest absolute Gasteiger partial charge is 0.481 e. The van der Waals surface area contributed by atoms with Crippen molar-refractivity contribution < 1.29 is 4.74 Å². The van der Waals surface area contributed by atoms with E-state index in [-0.39, 0.29) is 6.04 Å². The second-order valence-corrected chi connectivity index (χ2v) is 3.88. The molecule has 1 unspecified atom stereocenters. The molecule has 1 N–H and O–H groups in total. The summed E-state index contributed by atoms with van der Waals surface area (Å²) >= 11 is 0. The molecule has 0 aliphatic carbocycles. The molecule has 2 heterocycles. The first-order valence-corrected chi connectivity index (χ1v) is 5.75. The van der Waals surface area contributed by atoms with Crippen LogP contribution in [0.15, 0.2) is 36.9 Å². The first kappa shape index (κ1) is 12.4. The van der Waals surface area contributed by atoms with Crippen LogP contribution in [0, 0.1) is 0 Å². The van der Waals surface area contributed by atoms with E-state index in [0.29, 0.717) is 5.88 Å². The van der Waals surface area contributed by atoms with E-state index < -0.39 is 0 Å². The summed E-state index contributed by atoms with van der Waals surface area (Å²) in [6.07, 6.45) is 7.78. The zero-order valence-corrected chi connectivity index (χ0v) is 10.5. The van der Waals surface area contributed by atoms with Crippen LogP contribution >= 0.6 is 0 Å². The molecule has 94 valence electrons. The van der Waals surface area contributed by atoms with E-state index in [0.717, 1.165) is 17.7 Å². The third kappa shape index (κ3) is 3.01. The molecular formula is C13H16N4O. The zero-order valence-electron chi connectivity index (χ0n) is 10.5. The highest BCUT2D eigenvalue weighted by Gasteiger charge is 2.11. The SMILES string of the molecule is CNC(Cc1ccc(OC)nc1)c1cnccn1. The van der Waals surface area contributed by atoms with Crippen LogP contribution in [0.3, 0.4) is 0 Å². The van der Waals surface area contributed by atoms with E-state index in [1.165, 1.54) is 0 Å². The maximum atomic E-state index is 5.04. The van der Waals surface area contributed by atoms with Crippen molar-refractivity contribution in [3.8, 4) is 5.88 Å². The molecule has 0 aliphatic rings. The van der Waals surface area contributed by atoms with Gasteiger partial charge in [0.25, 0.3) is 0 Å². The number of pyridine rings is 1. The van der Waals surface area contributed by atoms with Crippen LogP contribution < -0.4 is 10.1 Å². The van der Waals surface area contributed by atoms with Crippen molar-refractivity contribution in [2.45, 2.75) is 12.5 Å². The average molecular weight is 244 g/mol. The molecule has 18 heavy (non-hydrogen) atoms. The highest BCUT2D eigenvalue weighted by Crippen LogP contribution is 2.16. The van der Waals surface area contributed by atoms with Gasteiger partial charge in [0.1, 0.15) is 0 Å². The number of ether oxygens (including phenoxy) is 1. The highest BCUT2D eigenvalue weighted by molar-refractivity contribution is 5.20. The third-order valence-electron chi connectivity index (χ3n) is 2.74. The van der Waals surface area contributed by atoms with Crippen LogP contribution in [-0.4, -0.2) is 29.1 Å². The van der Waals surface area contributed by atoms with Gasteiger partial charge < -0.3 is 10.1 Å². The summed E-state index contributed by atoms with van der Waals surface area (Å²) in [7, 11) is 3.52. The summed E-state index contributed by atoms with van der Waals surface area (Å²) in [6.45, 7) is 0. The minimum atomic E-state index is 0.133. The molecule has 5 nitrogen and oxygen atoms in total. The molecule has 0 fully saturated rings. The quantitative estimate of drug-likeness (QED) is 0.861. The van der Waals surface area contributed by atoms with E-state index in [1.54, 1.807) is 25.7 Å². The monoisotopic (exact) mass is 244 g/mol. The highest BCUT2D eigenvalue weighted by atomic mass is 16.5. The predicted octanol–water partition coefficient (Wildman–Crippen LogP) is 1.38. The first-order valence-electron chi connectivity index (χ1n) is 5.75. The third-order valence-corrected chi connectivity index (χ3v) is 2.74. The number of methoxy groups -OCH3 is 1. The van der Waals surface area contributed by atoms with Gasteiger partial charge in [-0.15, -0.1) is 0 Å². The number of nitrogens with one attached hydrogen (secondary N) is 1. The Morgan fingerprint density at radius 2 is 2.11 bits per heavy atom. The molecule has 0 spiro atoms. The minimum absolute atomic E-state index is 0.133. The Kier molecular flexibility index (Phi) is 4.20. The average Bonchev–Trinajstić information content (AvgIpc) is 2.46. The van der Waals surface area contributed by atoms with Crippen molar-refractivity contribution in [1.82, 2.24) is 20.3 Å². The van der Waals surface area contributed by atoms with E-state index in [9.17, 15) is 0 Å². The lowest BCUT2D eigenvalue weighted by atomic mass is 10.1. The second-order valence-electron chi connectivity index (χ2n) is 3.88. The molecule has 1 atom stereocenters. The van der Waals surface area contributed by atoms with Crippen LogP contribution in [0.25, 0.3) is 0 Å². The molecule has 0 saturated carbocycles. The maximum absolute atomic E-state index is 5.04. The molecule has 0 radical (unpaired) electrons. The number of aromatic nitrogens is 3. The predicted molar refractivity (Wildman–Crippen MR) is 68.3 cm³/mol. The Morgan fingerprint density at radius 3 is 2.67 bits per heavy atom. The summed E-state index contributed by atoms with van der Waals surface area (Å²) < 4.78 is 5.04. The standard InChI is InChI=1S/C13H16N4O/c1-14-11(12-9-15-5-6-16-12)7-10-3-4-13(18-2)17-8-10/h3-6,8-9,11,14H,7H2,1-2H3. The van der Waals surface area contributed by atoms with Crippen molar-refractivity contribution >= 4 is 0 Å². The van der Waals surface area contributed by atoms with E-state index in [2.05, 4.69) is 20.3 Å². The number of nitrogens with zero attached hydrogens (tertiary/aromatic N) is 3. The van der Waals surface area contributed by atoms with Gasteiger partial charge in [-0.25, -0.2) is 4.98 Å². The van der Waals surface area contributed by atoms with Crippen LogP contribution in [0.1, 0.15) is 17.3 Å². The molecule has 0 aromatic carbocycles. The smallest absolute Gasteiger partial charge is 0.212 e. The minimum Gasteiger partial charge on any atom is -0.481 e. The molecule has 2 aromatic rings. The van der Waals surface area contributed by atoms with Crippen LogP contribution in [0.2, 0.25) is 0 Å². The van der Waals surface area contributed by atoms with Crippen molar-refractivity contribution in [3.05, 3.63) is 48.2 Å². The number of likely N-dealkylation sites (N-methyl/N-ethyl adjacent to an activating group) is 1. The van der Waals surface area contributed by atoms with Crippen LogP contribution in [0.5, 0.6) is 5.88 Å². The van der Waals surface area contributed by atoms with E-state index in [4.69, 9.17) is 4.74 Å². The lowest BCUT2D eigenvalue weighted by Gasteiger charge is -2.15. The van der Waals surface area contributed by atoms with Crippen LogP contribution in [0.4, 0.5) is 0 Å². The summed E-state index contributed by atoms with van der Waals surface area (Å²) in [5.41, 5.74) is 2.05. The summed E-state index contributed by atoms with van der Waals surface area (Å²) in [5.74, 6) is 0.624. The Labute approximate surface area is 106 Å². The molecule has 0 aliphatic heterocycles. The van der Waals surface area contributed by atoms with E-state index in [1.807, 2.05) is 25.4 Å². The Balaban J connectivity index is 2.10. The van der Waals surface area contributed by atoms with Gasteiger partial charge in [-0.05, 0) is 19.0 Å². The Morgan fingerprint density at radius 1 is 1.22 bits per heavy atom. The van der Waals surface area contributed by atoms with Gasteiger partial charge in [0.05, 0.1) is 18.8 Å². The fourth-order valence-electron chi connectivity index (χ4n) is 1.73. The summed E-state index contributed by atoms with van der Waals surface area (Å²) in [4.78, 5) is 12.6. The van der Waals surface area contributed by atoms with Crippen molar-refractivity contribution in [2.24, 2.45) is 0 Å². The van der Waals surface area contributed by atoms with Gasteiger partial charge >= 0.3 is 0 Å². The van der Waals surface area contributed by atoms with Gasteiger partial charge in [0.15, 0.2) is 0 Å². The van der Waals surface area contributed by atoms with E-state index >= 15 is 0 Å². The lowest BCUT2D eigenvalue weighted by Crippen LogP contribution is -2.20.